The molecular formula is C20H18N2O2. The highest BCUT2D eigenvalue weighted by Gasteiger charge is 2.01. The van der Waals surface area contributed by atoms with Crippen LogP contribution in [0.3, 0.4) is 0 Å². The van der Waals surface area contributed by atoms with Crippen molar-refractivity contribution in [3.8, 4) is 5.75 Å². The SMILES string of the molecule is Cc1ccc(OCC(=O)N/N=C\c2ccc3ccccc3c2)cc1. The molecule has 0 spiro atoms. The number of nitrogens with one attached hydrogen (secondary N) is 1. The van der Waals surface area contributed by atoms with Crippen LogP contribution in [0.1, 0.15) is 11.1 Å². The van der Waals surface area contributed by atoms with Gasteiger partial charge < -0.3 is 4.74 Å². The van der Waals surface area contributed by atoms with E-state index in [0.717, 1.165) is 16.5 Å². The fraction of sp³-hybridized carbons (Fsp3) is 0.100. The van der Waals surface area contributed by atoms with E-state index in [9.17, 15) is 4.79 Å². The molecule has 0 fully saturated rings. The van der Waals surface area contributed by atoms with Gasteiger partial charge in [0.05, 0.1) is 6.21 Å². The van der Waals surface area contributed by atoms with Crippen LogP contribution in [-0.4, -0.2) is 18.7 Å². The van der Waals surface area contributed by atoms with Gasteiger partial charge in [0.25, 0.3) is 5.91 Å². The third-order valence-electron chi connectivity index (χ3n) is 3.57. The summed E-state index contributed by atoms with van der Waals surface area (Å²) in [4.78, 5) is 11.7. The van der Waals surface area contributed by atoms with Gasteiger partial charge in [-0.15, -0.1) is 0 Å². The molecule has 0 saturated heterocycles. The predicted octanol–water partition coefficient (Wildman–Crippen LogP) is 3.68. The van der Waals surface area contributed by atoms with Gasteiger partial charge in [-0.2, -0.15) is 5.10 Å². The van der Waals surface area contributed by atoms with Crippen LogP contribution in [0.15, 0.2) is 71.8 Å². The van der Waals surface area contributed by atoms with Gasteiger partial charge >= 0.3 is 0 Å². The first-order valence-electron chi connectivity index (χ1n) is 7.71. The second kappa shape index (κ2) is 7.42. The van der Waals surface area contributed by atoms with E-state index in [-0.39, 0.29) is 12.5 Å². The summed E-state index contributed by atoms with van der Waals surface area (Å²) in [5.41, 5.74) is 4.54. The van der Waals surface area contributed by atoms with Crippen LogP contribution in [0, 0.1) is 6.92 Å². The number of nitrogens with zero attached hydrogens (tertiary/aromatic N) is 1. The van der Waals surface area contributed by atoms with Crippen molar-refractivity contribution in [3.05, 3.63) is 77.9 Å². The molecule has 0 aromatic heterocycles. The van der Waals surface area contributed by atoms with E-state index < -0.39 is 0 Å². The van der Waals surface area contributed by atoms with E-state index in [4.69, 9.17) is 4.74 Å². The standard InChI is InChI=1S/C20H18N2O2/c1-15-6-10-19(11-7-15)24-14-20(23)22-21-13-16-8-9-17-4-2-3-5-18(17)12-16/h2-13H,14H2,1H3,(H,22,23)/b21-13-. The summed E-state index contributed by atoms with van der Waals surface area (Å²) in [6.07, 6.45) is 1.62. The molecule has 0 bridgehead atoms. The molecule has 4 nitrogen and oxygen atoms in total. The third kappa shape index (κ3) is 4.20. The van der Waals surface area contributed by atoms with E-state index in [0.29, 0.717) is 5.75 Å². The topological polar surface area (TPSA) is 50.7 Å². The quantitative estimate of drug-likeness (QED) is 0.576. The first-order valence-corrected chi connectivity index (χ1v) is 7.71. The Balaban J connectivity index is 1.52. The molecule has 24 heavy (non-hydrogen) atoms. The Morgan fingerprint density at radius 1 is 1.04 bits per heavy atom. The number of amides is 1. The molecule has 4 heteroatoms. The maximum atomic E-state index is 11.7. The van der Waals surface area contributed by atoms with Gasteiger partial charge in [-0.25, -0.2) is 5.43 Å². The van der Waals surface area contributed by atoms with Crippen LogP contribution < -0.4 is 10.2 Å². The Morgan fingerprint density at radius 2 is 1.79 bits per heavy atom. The molecular weight excluding hydrogens is 300 g/mol. The van der Waals surface area contributed by atoms with Crippen LogP contribution >= 0.6 is 0 Å². The van der Waals surface area contributed by atoms with Crippen molar-refractivity contribution in [1.29, 1.82) is 0 Å². The highest BCUT2D eigenvalue weighted by molar-refractivity contribution is 5.90. The molecule has 1 amide bonds. The monoisotopic (exact) mass is 318 g/mol. The summed E-state index contributed by atoms with van der Waals surface area (Å²) in [6.45, 7) is 1.93. The second-order valence-electron chi connectivity index (χ2n) is 5.50. The summed E-state index contributed by atoms with van der Waals surface area (Å²) in [5, 5.41) is 6.28. The average molecular weight is 318 g/mol. The highest BCUT2D eigenvalue weighted by Crippen LogP contribution is 2.14. The Kier molecular flexibility index (Phi) is 4.87. The smallest absolute Gasteiger partial charge is 0.277 e. The third-order valence-corrected chi connectivity index (χ3v) is 3.57. The van der Waals surface area contributed by atoms with E-state index in [1.165, 1.54) is 5.39 Å². The number of rotatable bonds is 5. The van der Waals surface area contributed by atoms with Gasteiger partial charge in [0.1, 0.15) is 5.75 Å². The first-order chi connectivity index (χ1) is 11.7. The van der Waals surface area contributed by atoms with Gasteiger partial charge in [0.15, 0.2) is 6.61 Å². The van der Waals surface area contributed by atoms with Gasteiger partial charge in [-0.1, -0.05) is 54.1 Å². The Labute approximate surface area is 140 Å². The fourth-order valence-electron chi connectivity index (χ4n) is 2.28. The number of carbonyl (C=O) groups excluding carboxylic acids is 1. The lowest BCUT2D eigenvalue weighted by Gasteiger charge is -2.05. The van der Waals surface area contributed by atoms with Crippen LogP contribution in [0.5, 0.6) is 5.75 Å². The molecule has 0 aliphatic heterocycles. The number of benzene rings is 3. The molecule has 120 valence electrons. The molecule has 0 heterocycles. The lowest BCUT2D eigenvalue weighted by atomic mass is 10.1. The van der Waals surface area contributed by atoms with Gasteiger partial charge in [0, 0.05) is 0 Å². The fourth-order valence-corrected chi connectivity index (χ4v) is 2.28. The summed E-state index contributed by atoms with van der Waals surface area (Å²) in [6, 6.07) is 21.6. The number of hydrogen-bond donors (Lipinski definition) is 1. The van der Waals surface area contributed by atoms with Gasteiger partial charge in [0.2, 0.25) is 0 Å². The molecule has 0 unspecified atom stereocenters. The van der Waals surface area contributed by atoms with Crippen molar-refractivity contribution in [3.63, 3.8) is 0 Å². The largest absolute Gasteiger partial charge is 0.484 e. The highest BCUT2D eigenvalue weighted by atomic mass is 16.5. The molecule has 0 atom stereocenters. The van der Waals surface area contributed by atoms with Crippen molar-refractivity contribution in [2.24, 2.45) is 5.10 Å². The minimum absolute atomic E-state index is 0.0713. The zero-order valence-electron chi connectivity index (χ0n) is 13.4. The average Bonchev–Trinajstić information content (AvgIpc) is 2.61. The number of aryl methyl sites for hydroxylation is 1. The number of hydrogen-bond acceptors (Lipinski definition) is 3. The van der Waals surface area contributed by atoms with E-state index >= 15 is 0 Å². The first kappa shape index (κ1) is 15.7. The predicted molar refractivity (Wildman–Crippen MR) is 96.4 cm³/mol. The maximum Gasteiger partial charge on any atom is 0.277 e. The van der Waals surface area contributed by atoms with Gasteiger partial charge in [-0.05, 0) is 41.5 Å². The van der Waals surface area contributed by atoms with E-state index in [2.05, 4.69) is 16.6 Å². The number of ether oxygens (including phenoxy) is 1. The number of carbonyl (C=O) groups is 1. The van der Waals surface area contributed by atoms with Gasteiger partial charge in [-0.3, -0.25) is 4.79 Å². The number of fused-ring (bicyclic) bond motifs is 1. The summed E-state index contributed by atoms with van der Waals surface area (Å²) in [5.74, 6) is 0.363. The maximum absolute atomic E-state index is 11.7. The second-order valence-corrected chi connectivity index (χ2v) is 5.50. The normalized spacial score (nSPS) is 10.9. The van der Waals surface area contributed by atoms with Crippen molar-refractivity contribution in [1.82, 2.24) is 5.43 Å². The Hall–Kier alpha value is -3.14. The summed E-state index contributed by atoms with van der Waals surface area (Å²) < 4.78 is 5.40. The minimum Gasteiger partial charge on any atom is -0.484 e. The molecule has 0 aliphatic rings. The van der Waals surface area contributed by atoms with Crippen molar-refractivity contribution >= 4 is 22.9 Å². The number of hydrazone groups is 1. The zero-order chi connectivity index (χ0) is 16.8. The summed E-state index contributed by atoms with van der Waals surface area (Å²) in [7, 11) is 0. The van der Waals surface area contributed by atoms with Crippen molar-refractivity contribution in [2.45, 2.75) is 6.92 Å². The van der Waals surface area contributed by atoms with Crippen LogP contribution in [0.2, 0.25) is 0 Å². The molecule has 0 aliphatic carbocycles. The molecule has 3 rings (SSSR count). The van der Waals surface area contributed by atoms with Crippen molar-refractivity contribution < 1.29 is 9.53 Å². The Bertz CT molecular complexity index is 870. The molecule has 3 aromatic rings. The molecule has 3 aromatic carbocycles. The van der Waals surface area contributed by atoms with Crippen LogP contribution in [0.25, 0.3) is 10.8 Å². The zero-order valence-corrected chi connectivity index (χ0v) is 13.4. The van der Waals surface area contributed by atoms with Crippen molar-refractivity contribution in [2.75, 3.05) is 6.61 Å². The lowest BCUT2D eigenvalue weighted by Crippen LogP contribution is -2.24. The minimum atomic E-state index is -0.299. The Morgan fingerprint density at radius 3 is 2.58 bits per heavy atom. The lowest BCUT2D eigenvalue weighted by molar-refractivity contribution is -0.123. The van der Waals surface area contributed by atoms with E-state index in [1.54, 1.807) is 6.21 Å². The van der Waals surface area contributed by atoms with E-state index in [1.807, 2.05) is 67.6 Å². The molecule has 0 saturated carbocycles. The summed E-state index contributed by atoms with van der Waals surface area (Å²) >= 11 is 0. The molecule has 1 N–H and O–H groups in total. The van der Waals surface area contributed by atoms with Crippen LogP contribution in [0.4, 0.5) is 0 Å². The molecule has 0 radical (unpaired) electrons. The van der Waals surface area contributed by atoms with Crippen LogP contribution in [-0.2, 0) is 4.79 Å².